The van der Waals surface area contributed by atoms with E-state index < -0.39 is 0 Å². The fourth-order valence-corrected chi connectivity index (χ4v) is 3.08. The number of benzene rings is 1. The highest BCUT2D eigenvalue weighted by molar-refractivity contribution is 6.00. The third-order valence-corrected chi connectivity index (χ3v) is 4.28. The summed E-state index contributed by atoms with van der Waals surface area (Å²) in [6, 6.07) is 6.43. The molecule has 1 heterocycles. The highest BCUT2D eigenvalue weighted by Gasteiger charge is 2.26. The van der Waals surface area contributed by atoms with Crippen molar-refractivity contribution in [2.24, 2.45) is 0 Å². The molecule has 1 aliphatic rings. The lowest BCUT2D eigenvalue weighted by Crippen LogP contribution is -2.39. The Morgan fingerprint density at radius 2 is 2.15 bits per heavy atom. The molecule has 1 aliphatic heterocycles. The van der Waals surface area contributed by atoms with Crippen molar-refractivity contribution in [3.63, 3.8) is 0 Å². The molecule has 1 fully saturated rings. The van der Waals surface area contributed by atoms with Crippen LogP contribution < -0.4 is 5.32 Å². The topological polar surface area (TPSA) is 32.3 Å². The Morgan fingerprint density at radius 1 is 1.35 bits per heavy atom. The average molecular weight is 274 g/mol. The van der Waals surface area contributed by atoms with Crippen molar-refractivity contribution >= 4 is 11.6 Å². The molecule has 110 valence electrons. The second-order valence-electron chi connectivity index (χ2n) is 5.71. The van der Waals surface area contributed by atoms with Crippen LogP contribution in [0, 0.1) is 6.92 Å². The van der Waals surface area contributed by atoms with Gasteiger partial charge in [-0.2, -0.15) is 0 Å². The molecule has 2 rings (SSSR count). The zero-order valence-electron chi connectivity index (χ0n) is 12.9. The number of nitrogens with one attached hydrogen (secondary N) is 1. The Morgan fingerprint density at radius 3 is 2.85 bits per heavy atom. The molecular formula is C17H26N2O. The van der Waals surface area contributed by atoms with E-state index in [0.717, 1.165) is 37.1 Å². The molecule has 3 nitrogen and oxygen atoms in total. The first kappa shape index (κ1) is 14.9. The molecule has 1 N–H and O–H groups in total. The van der Waals surface area contributed by atoms with E-state index in [4.69, 9.17) is 0 Å². The number of amides is 1. The molecule has 20 heavy (non-hydrogen) atoms. The summed E-state index contributed by atoms with van der Waals surface area (Å²) in [4.78, 5) is 15.0. The van der Waals surface area contributed by atoms with Gasteiger partial charge < -0.3 is 10.2 Å². The standard InChI is InChI=1S/C17H26N2O/c1-4-14-8-6-5-7-11-19(14)17(20)15-10-9-13(2)12-16(15)18-3/h9-10,12,14,18H,4-8,11H2,1-3H3. The summed E-state index contributed by atoms with van der Waals surface area (Å²) in [5, 5.41) is 3.16. The maximum Gasteiger partial charge on any atom is 0.256 e. The van der Waals surface area contributed by atoms with Crippen LogP contribution in [0.1, 0.15) is 54.9 Å². The summed E-state index contributed by atoms with van der Waals surface area (Å²) in [5.41, 5.74) is 2.92. The first-order valence-corrected chi connectivity index (χ1v) is 7.76. The third kappa shape index (κ3) is 3.14. The van der Waals surface area contributed by atoms with Crippen LogP contribution in [0.15, 0.2) is 18.2 Å². The Kier molecular flexibility index (Phi) is 5.05. The minimum atomic E-state index is 0.183. The van der Waals surface area contributed by atoms with Gasteiger partial charge in [-0.05, 0) is 43.9 Å². The Hall–Kier alpha value is -1.51. The highest BCUT2D eigenvalue weighted by atomic mass is 16.2. The zero-order chi connectivity index (χ0) is 14.5. The van der Waals surface area contributed by atoms with Crippen LogP contribution in [0.25, 0.3) is 0 Å². The van der Waals surface area contributed by atoms with Gasteiger partial charge >= 0.3 is 0 Å². The SMILES string of the molecule is CCC1CCCCCN1C(=O)c1ccc(C)cc1NC. The zero-order valence-corrected chi connectivity index (χ0v) is 12.9. The molecule has 1 saturated heterocycles. The van der Waals surface area contributed by atoms with Gasteiger partial charge in [0.1, 0.15) is 0 Å². The highest BCUT2D eigenvalue weighted by Crippen LogP contribution is 2.25. The van der Waals surface area contributed by atoms with Crippen LogP contribution >= 0.6 is 0 Å². The molecule has 0 radical (unpaired) electrons. The van der Waals surface area contributed by atoms with Crippen LogP contribution in [0.2, 0.25) is 0 Å². The molecule has 1 atom stereocenters. The summed E-state index contributed by atoms with van der Waals surface area (Å²) in [7, 11) is 1.88. The van der Waals surface area contributed by atoms with Gasteiger partial charge in [0.15, 0.2) is 0 Å². The molecule has 1 unspecified atom stereocenters. The van der Waals surface area contributed by atoms with Gasteiger partial charge in [0.25, 0.3) is 5.91 Å². The van der Waals surface area contributed by atoms with E-state index in [1.165, 1.54) is 18.4 Å². The number of rotatable bonds is 3. The number of hydrogen-bond donors (Lipinski definition) is 1. The van der Waals surface area contributed by atoms with E-state index in [1.807, 2.05) is 25.2 Å². The maximum absolute atomic E-state index is 12.9. The monoisotopic (exact) mass is 274 g/mol. The largest absolute Gasteiger partial charge is 0.387 e. The normalized spacial score (nSPS) is 19.6. The molecule has 1 aromatic carbocycles. The lowest BCUT2D eigenvalue weighted by atomic mass is 10.0. The summed E-state index contributed by atoms with van der Waals surface area (Å²) in [6.07, 6.45) is 5.81. The molecule has 1 amide bonds. The first-order chi connectivity index (χ1) is 9.67. The van der Waals surface area contributed by atoms with Crippen LogP contribution in [0.5, 0.6) is 0 Å². The number of carbonyl (C=O) groups is 1. The summed E-state index contributed by atoms with van der Waals surface area (Å²) in [6.45, 7) is 5.13. The summed E-state index contributed by atoms with van der Waals surface area (Å²) in [5.74, 6) is 0.183. The van der Waals surface area contributed by atoms with Crippen molar-refractivity contribution in [2.45, 2.75) is 52.0 Å². The van der Waals surface area contributed by atoms with E-state index in [9.17, 15) is 4.79 Å². The molecule has 0 aromatic heterocycles. The smallest absolute Gasteiger partial charge is 0.256 e. The predicted octanol–water partition coefficient (Wildman–Crippen LogP) is 3.83. The fourth-order valence-electron chi connectivity index (χ4n) is 3.08. The van der Waals surface area contributed by atoms with Gasteiger partial charge in [-0.3, -0.25) is 4.79 Å². The van der Waals surface area contributed by atoms with Gasteiger partial charge in [0.2, 0.25) is 0 Å². The Bertz CT molecular complexity index is 470. The Balaban J connectivity index is 2.28. The van der Waals surface area contributed by atoms with Crippen LogP contribution in [-0.4, -0.2) is 30.4 Å². The minimum Gasteiger partial charge on any atom is -0.387 e. The molecule has 0 saturated carbocycles. The third-order valence-electron chi connectivity index (χ3n) is 4.28. The van der Waals surface area contributed by atoms with Crippen LogP contribution in [0.3, 0.4) is 0 Å². The van der Waals surface area contributed by atoms with Gasteiger partial charge in [0, 0.05) is 25.3 Å². The number of likely N-dealkylation sites (tertiary alicyclic amines) is 1. The second kappa shape index (κ2) is 6.78. The number of anilines is 1. The molecule has 0 bridgehead atoms. The number of carbonyl (C=O) groups excluding carboxylic acids is 1. The van der Waals surface area contributed by atoms with E-state index in [2.05, 4.69) is 24.1 Å². The van der Waals surface area contributed by atoms with Gasteiger partial charge in [0.05, 0.1) is 5.56 Å². The molecule has 3 heteroatoms. The molecular weight excluding hydrogens is 248 g/mol. The quantitative estimate of drug-likeness (QED) is 0.908. The van der Waals surface area contributed by atoms with Gasteiger partial charge in [-0.15, -0.1) is 0 Å². The van der Waals surface area contributed by atoms with Crippen molar-refractivity contribution in [2.75, 3.05) is 18.9 Å². The van der Waals surface area contributed by atoms with E-state index in [1.54, 1.807) is 0 Å². The van der Waals surface area contributed by atoms with E-state index in [0.29, 0.717) is 6.04 Å². The predicted molar refractivity (Wildman–Crippen MR) is 84.3 cm³/mol. The van der Waals surface area contributed by atoms with E-state index in [-0.39, 0.29) is 5.91 Å². The number of hydrogen-bond acceptors (Lipinski definition) is 2. The van der Waals surface area contributed by atoms with Crippen LogP contribution in [-0.2, 0) is 0 Å². The number of aryl methyl sites for hydroxylation is 1. The van der Waals surface area contributed by atoms with Crippen molar-refractivity contribution in [3.8, 4) is 0 Å². The van der Waals surface area contributed by atoms with Crippen LogP contribution in [0.4, 0.5) is 5.69 Å². The maximum atomic E-state index is 12.9. The second-order valence-corrected chi connectivity index (χ2v) is 5.71. The van der Waals surface area contributed by atoms with Gasteiger partial charge in [-0.1, -0.05) is 25.8 Å². The average Bonchev–Trinajstić information content (AvgIpc) is 2.71. The Labute approximate surface area is 122 Å². The van der Waals surface area contributed by atoms with Crippen molar-refractivity contribution in [3.05, 3.63) is 29.3 Å². The van der Waals surface area contributed by atoms with Crippen molar-refractivity contribution in [1.82, 2.24) is 4.90 Å². The summed E-state index contributed by atoms with van der Waals surface area (Å²) >= 11 is 0. The molecule has 0 spiro atoms. The molecule has 1 aromatic rings. The lowest BCUT2D eigenvalue weighted by molar-refractivity contribution is 0.0679. The summed E-state index contributed by atoms with van der Waals surface area (Å²) < 4.78 is 0. The first-order valence-electron chi connectivity index (χ1n) is 7.76. The fraction of sp³-hybridized carbons (Fsp3) is 0.588. The van der Waals surface area contributed by atoms with Crippen molar-refractivity contribution in [1.29, 1.82) is 0 Å². The van der Waals surface area contributed by atoms with Crippen molar-refractivity contribution < 1.29 is 4.79 Å². The molecule has 0 aliphatic carbocycles. The van der Waals surface area contributed by atoms with E-state index >= 15 is 0 Å². The number of nitrogens with zero attached hydrogens (tertiary/aromatic N) is 1. The lowest BCUT2D eigenvalue weighted by Gasteiger charge is -2.30. The van der Waals surface area contributed by atoms with Gasteiger partial charge in [-0.25, -0.2) is 0 Å². The minimum absolute atomic E-state index is 0.183.